The Morgan fingerprint density at radius 1 is 1.45 bits per heavy atom. The first-order valence-corrected chi connectivity index (χ1v) is 6.51. The van der Waals surface area contributed by atoms with Gasteiger partial charge >= 0.3 is 5.97 Å². The fourth-order valence-corrected chi connectivity index (χ4v) is 2.02. The van der Waals surface area contributed by atoms with Gasteiger partial charge in [0.1, 0.15) is 0 Å². The van der Waals surface area contributed by atoms with Crippen LogP contribution in [0.1, 0.15) is 25.3 Å². The van der Waals surface area contributed by atoms with E-state index in [1.54, 1.807) is 31.2 Å². The Balaban J connectivity index is 2.08. The van der Waals surface area contributed by atoms with Crippen molar-refractivity contribution in [2.45, 2.75) is 25.3 Å². The van der Waals surface area contributed by atoms with Gasteiger partial charge in [0.05, 0.1) is 5.54 Å². The van der Waals surface area contributed by atoms with Gasteiger partial charge in [0.25, 0.3) is 0 Å². The fraction of sp³-hybridized carbons (Fsp3) is 0.333. The number of carbonyl (C=O) groups is 2. The molecule has 1 aromatic carbocycles. The number of anilines is 1. The van der Waals surface area contributed by atoms with Crippen LogP contribution in [0.4, 0.5) is 5.69 Å². The minimum Gasteiger partial charge on any atom is -0.478 e. The summed E-state index contributed by atoms with van der Waals surface area (Å²) in [6, 6.07) is 6.97. The standard InChI is InChI=1S/C15H18N2O3/c1-15(16,11-6-7-11)14(20)17-12-4-2-3-10(9-12)5-8-13(18)19/h2-5,8-9,11H,6-7,16H2,1H3,(H,17,20)(H,18,19)/b8-5+. The number of carbonyl (C=O) groups excluding carboxylic acids is 1. The third-order valence-corrected chi connectivity index (χ3v) is 3.48. The predicted octanol–water partition coefficient (Wildman–Crippen LogP) is 1.85. The molecule has 5 heteroatoms. The van der Waals surface area contributed by atoms with Gasteiger partial charge in [-0.05, 0) is 49.5 Å². The fourth-order valence-electron chi connectivity index (χ4n) is 2.02. The lowest BCUT2D eigenvalue weighted by molar-refractivity contribution is -0.131. The van der Waals surface area contributed by atoms with E-state index in [9.17, 15) is 9.59 Å². The molecule has 0 heterocycles. The summed E-state index contributed by atoms with van der Waals surface area (Å²) in [7, 11) is 0. The molecular weight excluding hydrogens is 256 g/mol. The maximum atomic E-state index is 12.1. The average Bonchev–Trinajstić information content (AvgIpc) is 3.21. The van der Waals surface area contributed by atoms with Crippen molar-refractivity contribution >= 4 is 23.6 Å². The van der Waals surface area contributed by atoms with Gasteiger partial charge in [-0.15, -0.1) is 0 Å². The van der Waals surface area contributed by atoms with E-state index in [1.807, 2.05) is 0 Å². The number of hydrogen-bond acceptors (Lipinski definition) is 3. The van der Waals surface area contributed by atoms with Gasteiger partial charge in [-0.25, -0.2) is 4.79 Å². The summed E-state index contributed by atoms with van der Waals surface area (Å²) < 4.78 is 0. The Morgan fingerprint density at radius 3 is 2.75 bits per heavy atom. The van der Waals surface area contributed by atoms with E-state index in [-0.39, 0.29) is 11.8 Å². The van der Waals surface area contributed by atoms with Gasteiger partial charge in [-0.3, -0.25) is 4.79 Å². The van der Waals surface area contributed by atoms with Crippen molar-refractivity contribution in [2.24, 2.45) is 11.7 Å². The quantitative estimate of drug-likeness (QED) is 0.714. The maximum absolute atomic E-state index is 12.1. The number of benzene rings is 1. The summed E-state index contributed by atoms with van der Waals surface area (Å²) in [5, 5.41) is 11.4. The lowest BCUT2D eigenvalue weighted by Gasteiger charge is -2.23. The van der Waals surface area contributed by atoms with Crippen molar-refractivity contribution in [3.8, 4) is 0 Å². The zero-order valence-corrected chi connectivity index (χ0v) is 11.3. The highest BCUT2D eigenvalue weighted by Crippen LogP contribution is 2.38. The second-order valence-corrected chi connectivity index (χ2v) is 5.31. The molecule has 1 aliphatic carbocycles. The van der Waals surface area contributed by atoms with Crippen molar-refractivity contribution in [2.75, 3.05) is 5.32 Å². The SMILES string of the molecule is CC(N)(C(=O)Nc1cccc(/C=C/C(=O)O)c1)C1CC1. The predicted molar refractivity (Wildman–Crippen MR) is 77.1 cm³/mol. The molecule has 0 bridgehead atoms. The van der Waals surface area contributed by atoms with Crippen LogP contribution < -0.4 is 11.1 Å². The second kappa shape index (κ2) is 5.46. The molecule has 106 valence electrons. The van der Waals surface area contributed by atoms with Crippen LogP contribution in [-0.4, -0.2) is 22.5 Å². The molecule has 4 N–H and O–H groups in total. The van der Waals surface area contributed by atoms with Crippen LogP contribution in [0.25, 0.3) is 6.08 Å². The molecular formula is C15H18N2O3. The van der Waals surface area contributed by atoms with Gasteiger partial charge in [0.2, 0.25) is 5.91 Å². The first-order valence-electron chi connectivity index (χ1n) is 6.51. The van der Waals surface area contributed by atoms with Crippen molar-refractivity contribution in [1.82, 2.24) is 0 Å². The van der Waals surface area contributed by atoms with Gasteiger partial charge in [-0.2, -0.15) is 0 Å². The summed E-state index contributed by atoms with van der Waals surface area (Å²) >= 11 is 0. The van der Waals surface area contributed by atoms with Crippen molar-refractivity contribution in [3.05, 3.63) is 35.9 Å². The van der Waals surface area contributed by atoms with Crippen LogP contribution in [0.3, 0.4) is 0 Å². The lowest BCUT2D eigenvalue weighted by atomic mass is 9.96. The topological polar surface area (TPSA) is 92.4 Å². The number of amides is 1. The number of aliphatic carboxylic acids is 1. The highest BCUT2D eigenvalue weighted by molar-refractivity contribution is 5.98. The first-order chi connectivity index (χ1) is 9.39. The number of carboxylic acids is 1. The van der Waals surface area contributed by atoms with E-state index in [0.29, 0.717) is 11.3 Å². The molecule has 1 amide bonds. The number of nitrogens with two attached hydrogens (primary N) is 1. The molecule has 0 radical (unpaired) electrons. The third-order valence-electron chi connectivity index (χ3n) is 3.48. The molecule has 0 spiro atoms. The number of nitrogens with one attached hydrogen (secondary N) is 1. The Hall–Kier alpha value is -2.14. The molecule has 0 aromatic heterocycles. The van der Waals surface area contributed by atoms with Crippen LogP contribution in [0, 0.1) is 5.92 Å². The van der Waals surface area contributed by atoms with Gasteiger partial charge in [0, 0.05) is 11.8 Å². The average molecular weight is 274 g/mol. The molecule has 2 rings (SSSR count). The summed E-state index contributed by atoms with van der Waals surface area (Å²) in [5.74, 6) is -0.973. The Morgan fingerprint density at radius 2 is 2.15 bits per heavy atom. The van der Waals surface area contributed by atoms with Gasteiger partial charge in [0.15, 0.2) is 0 Å². The molecule has 5 nitrogen and oxygen atoms in total. The molecule has 1 saturated carbocycles. The van der Waals surface area contributed by atoms with Crippen LogP contribution >= 0.6 is 0 Å². The summed E-state index contributed by atoms with van der Waals surface area (Å²) in [6.45, 7) is 1.74. The smallest absolute Gasteiger partial charge is 0.328 e. The van der Waals surface area contributed by atoms with E-state index < -0.39 is 11.5 Å². The normalized spacial score (nSPS) is 17.7. The minimum absolute atomic E-state index is 0.209. The van der Waals surface area contributed by atoms with E-state index >= 15 is 0 Å². The van der Waals surface area contributed by atoms with E-state index in [0.717, 1.165) is 18.9 Å². The largest absolute Gasteiger partial charge is 0.478 e. The highest BCUT2D eigenvalue weighted by atomic mass is 16.4. The zero-order valence-electron chi connectivity index (χ0n) is 11.3. The second-order valence-electron chi connectivity index (χ2n) is 5.31. The molecule has 20 heavy (non-hydrogen) atoms. The van der Waals surface area contributed by atoms with Gasteiger partial charge in [-0.1, -0.05) is 12.1 Å². The van der Waals surface area contributed by atoms with Crippen LogP contribution in [0.2, 0.25) is 0 Å². The molecule has 1 atom stereocenters. The summed E-state index contributed by atoms with van der Waals surface area (Å²) in [5.41, 5.74) is 6.51. The van der Waals surface area contributed by atoms with Crippen LogP contribution in [0.15, 0.2) is 30.3 Å². The molecule has 1 aromatic rings. The number of carboxylic acid groups (broad SMARTS) is 1. The highest BCUT2D eigenvalue weighted by Gasteiger charge is 2.44. The summed E-state index contributed by atoms with van der Waals surface area (Å²) in [4.78, 5) is 22.6. The monoisotopic (exact) mass is 274 g/mol. The zero-order chi connectivity index (χ0) is 14.8. The molecule has 0 aliphatic heterocycles. The molecule has 1 fully saturated rings. The van der Waals surface area contributed by atoms with E-state index in [1.165, 1.54) is 6.08 Å². The number of rotatable bonds is 5. The lowest BCUT2D eigenvalue weighted by Crippen LogP contribution is -2.50. The molecule has 0 saturated heterocycles. The Labute approximate surface area is 117 Å². The molecule has 1 unspecified atom stereocenters. The van der Waals surface area contributed by atoms with Crippen molar-refractivity contribution < 1.29 is 14.7 Å². The maximum Gasteiger partial charge on any atom is 0.328 e. The minimum atomic E-state index is -1.01. The van der Waals surface area contributed by atoms with Crippen molar-refractivity contribution in [3.63, 3.8) is 0 Å². The van der Waals surface area contributed by atoms with E-state index in [2.05, 4.69) is 5.32 Å². The van der Waals surface area contributed by atoms with Crippen molar-refractivity contribution in [1.29, 1.82) is 0 Å². The van der Waals surface area contributed by atoms with Gasteiger partial charge < -0.3 is 16.2 Å². The number of hydrogen-bond donors (Lipinski definition) is 3. The Kier molecular flexibility index (Phi) is 3.90. The summed E-state index contributed by atoms with van der Waals surface area (Å²) in [6.07, 6.45) is 4.50. The first kappa shape index (κ1) is 14.3. The third kappa shape index (κ3) is 3.45. The Bertz CT molecular complexity index is 560. The van der Waals surface area contributed by atoms with E-state index in [4.69, 9.17) is 10.8 Å². The molecule has 1 aliphatic rings. The van der Waals surface area contributed by atoms with Crippen LogP contribution in [0.5, 0.6) is 0 Å². The van der Waals surface area contributed by atoms with Crippen LogP contribution in [-0.2, 0) is 9.59 Å².